The molecule has 1 aliphatic heterocycles. The molecular formula is C16H24N6O5. The van der Waals surface area contributed by atoms with Crippen molar-refractivity contribution >= 4 is 23.7 Å². The minimum absolute atomic E-state index is 0.139. The molecule has 3 amide bonds. The van der Waals surface area contributed by atoms with Crippen LogP contribution in [0.4, 0.5) is 0 Å². The second-order valence-electron chi connectivity index (χ2n) is 6.36. The van der Waals surface area contributed by atoms with Crippen LogP contribution in [0.5, 0.6) is 0 Å². The van der Waals surface area contributed by atoms with E-state index < -0.39 is 41.8 Å². The van der Waals surface area contributed by atoms with E-state index in [2.05, 4.69) is 20.6 Å². The van der Waals surface area contributed by atoms with Crippen molar-refractivity contribution in [2.24, 2.45) is 5.73 Å². The molecule has 0 radical (unpaired) electrons. The Bertz CT molecular complexity index is 691. The lowest BCUT2D eigenvalue weighted by Crippen LogP contribution is -2.55. The SMILES string of the molecule is CC(NC(=O)C(Cc1cnc[nH]1)NC(=O)CN)C(=O)N1CCCC1C(=O)O. The lowest BCUT2D eigenvalue weighted by molar-refractivity contribution is -0.149. The highest BCUT2D eigenvalue weighted by atomic mass is 16.4. The van der Waals surface area contributed by atoms with Gasteiger partial charge in [-0.1, -0.05) is 0 Å². The number of carboxylic acid groups (broad SMARTS) is 1. The van der Waals surface area contributed by atoms with Gasteiger partial charge in [0, 0.05) is 24.9 Å². The molecule has 148 valence electrons. The largest absolute Gasteiger partial charge is 0.480 e. The lowest BCUT2D eigenvalue weighted by Gasteiger charge is -2.26. The molecule has 0 bridgehead atoms. The van der Waals surface area contributed by atoms with Crippen LogP contribution >= 0.6 is 0 Å². The van der Waals surface area contributed by atoms with Gasteiger partial charge in [-0.3, -0.25) is 14.4 Å². The van der Waals surface area contributed by atoms with Crippen LogP contribution in [-0.2, 0) is 25.6 Å². The van der Waals surface area contributed by atoms with Crippen LogP contribution in [0, 0.1) is 0 Å². The number of aromatic nitrogens is 2. The molecule has 1 aromatic heterocycles. The van der Waals surface area contributed by atoms with Crippen molar-refractivity contribution < 1.29 is 24.3 Å². The number of aliphatic carboxylic acids is 1. The highest BCUT2D eigenvalue weighted by Crippen LogP contribution is 2.18. The second kappa shape index (κ2) is 9.12. The van der Waals surface area contributed by atoms with Crippen molar-refractivity contribution in [3.05, 3.63) is 18.2 Å². The van der Waals surface area contributed by atoms with Crippen molar-refractivity contribution in [1.29, 1.82) is 0 Å². The maximum Gasteiger partial charge on any atom is 0.326 e. The molecule has 1 saturated heterocycles. The fourth-order valence-corrected chi connectivity index (χ4v) is 2.99. The normalized spacial score (nSPS) is 18.6. The predicted molar refractivity (Wildman–Crippen MR) is 93.3 cm³/mol. The Labute approximate surface area is 155 Å². The Kier molecular flexibility index (Phi) is 6.88. The van der Waals surface area contributed by atoms with Crippen LogP contribution in [0.15, 0.2) is 12.5 Å². The monoisotopic (exact) mass is 380 g/mol. The van der Waals surface area contributed by atoms with Gasteiger partial charge < -0.3 is 31.4 Å². The first kappa shape index (κ1) is 20.4. The Morgan fingerprint density at radius 3 is 2.74 bits per heavy atom. The van der Waals surface area contributed by atoms with Crippen LogP contribution in [0.1, 0.15) is 25.5 Å². The summed E-state index contributed by atoms with van der Waals surface area (Å²) in [7, 11) is 0. The predicted octanol–water partition coefficient (Wildman–Crippen LogP) is -2.02. The van der Waals surface area contributed by atoms with Gasteiger partial charge in [0.2, 0.25) is 17.7 Å². The van der Waals surface area contributed by atoms with E-state index in [9.17, 15) is 24.3 Å². The van der Waals surface area contributed by atoms with Crippen molar-refractivity contribution in [3.8, 4) is 0 Å². The van der Waals surface area contributed by atoms with Gasteiger partial charge in [0.1, 0.15) is 18.1 Å². The smallest absolute Gasteiger partial charge is 0.326 e. The van der Waals surface area contributed by atoms with Gasteiger partial charge in [0.15, 0.2) is 0 Å². The van der Waals surface area contributed by atoms with Gasteiger partial charge >= 0.3 is 5.97 Å². The molecule has 0 aromatic carbocycles. The summed E-state index contributed by atoms with van der Waals surface area (Å²) in [5.41, 5.74) is 5.91. The van der Waals surface area contributed by atoms with Gasteiger partial charge in [-0.2, -0.15) is 0 Å². The number of nitrogens with one attached hydrogen (secondary N) is 3. The molecule has 0 aliphatic carbocycles. The standard InChI is InChI=1S/C16H24N6O5/c1-9(15(25)22-4-2-3-12(22)16(26)27)20-14(24)11(21-13(23)6-17)5-10-7-18-8-19-10/h7-9,11-12H,2-6,17H2,1H3,(H,18,19)(H,20,24)(H,21,23)(H,26,27). The van der Waals surface area contributed by atoms with Crippen molar-refractivity contribution in [3.63, 3.8) is 0 Å². The van der Waals surface area contributed by atoms with E-state index in [1.54, 1.807) is 0 Å². The summed E-state index contributed by atoms with van der Waals surface area (Å²) in [6, 6.07) is -2.77. The number of carbonyl (C=O) groups is 4. The highest BCUT2D eigenvalue weighted by molar-refractivity contribution is 5.93. The van der Waals surface area contributed by atoms with Gasteiger partial charge in [0.25, 0.3) is 0 Å². The molecule has 11 heteroatoms. The van der Waals surface area contributed by atoms with E-state index in [0.29, 0.717) is 25.1 Å². The number of carboxylic acids is 1. The summed E-state index contributed by atoms with van der Waals surface area (Å²) in [6.07, 6.45) is 4.08. The third-order valence-corrected chi connectivity index (χ3v) is 4.37. The third kappa shape index (κ3) is 5.26. The summed E-state index contributed by atoms with van der Waals surface area (Å²) in [6.45, 7) is 1.53. The number of amides is 3. The van der Waals surface area contributed by atoms with E-state index in [4.69, 9.17) is 5.73 Å². The summed E-state index contributed by atoms with van der Waals surface area (Å²) < 4.78 is 0. The number of nitrogens with zero attached hydrogens (tertiary/aromatic N) is 2. The molecule has 0 saturated carbocycles. The average Bonchev–Trinajstić information content (AvgIpc) is 3.31. The molecule has 6 N–H and O–H groups in total. The first-order chi connectivity index (χ1) is 12.8. The summed E-state index contributed by atoms with van der Waals surface area (Å²) in [4.78, 5) is 55.9. The molecule has 1 fully saturated rings. The van der Waals surface area contributed by atoms with Crippen LogP contribution < -0.4 is 16.4 Å². The number of H-pyrrole nitrogens is 1. The number of aromatic amines is 1. The molecule has 0 spiro atoms. The summed E-state index contributed by atoms with van der Waals surface area (Å²) >= 11 is 0. The lowest BCUT2D eigenvalue weighted by atomic mass is 10.1. The average molecular weight is 380 g/mol. The number of rotatable bonds is 8. The number of imidazole rings is 1. The maximum absolute atomic E-state index is 12.6. The first-order valence-electron chi connectivity index (χ1n) is 8.63. The van der Waals surface area contributed by atoms with Crippen LogP contribution in [0.3, 0.4) is 0 Å². The summed E-state index contributed by atoms with van der Waals surface area (Å²) in [5, 5.41) is 14.3. The van der Waals surface area contributed by atoms with Crippen molar-refractivity contribution in [2.45, 2.75) is 44.3 Å². The second-order valence-corrected chi connectivity index (χ2v) is 6.36. The van der Waals surface area contributed by atoms with E-state index in [0.717, 1.165) is 0 Å². The van der Waals surface area contributed by atoms with Gasteiger partial charge in [-0.15, -0.1) is 0 Å². The zero-order valence-corrected chi connectivity index (χ0v) is 15.0. The van der Waals surface area contributed by atoms with E-state index >= 15 is 0 Å². The molecule has 2 rings (SSSR count). The molecule has 11 nitrogen and oxygen atoms in total. The van der Waals surface area contributed by atoms with Crippen LogP contribution in [0.25, 0.3) is 0 Å². The van der Waals surface area contributed by atoms with Crippen LogP contribution in [-0.4, -0.2) is 74.9 Å². The zero-order chi connectivity index (χ0) is 20.0. The topological polar surface area (TPSA) is 171 Å². The van der Waals surface area contributed by atoms with Gasteiger partial charge in [-0.25, -0.2) is 9.78 Å². The Hall–Kier alpha value is -2.95. The molecule has 27 heavy (non-hydrogen) atoms. The zero-order valence-electron chi connectivity index (χ0n) is 15.0. The van der Waals surface area contributed by atoms with E-state index in [1.165, 1.54) is 24.3 Å². The minimum atomic E-state index is -1.06. The first-order valence-corrected chi connectivity index (χ1v) is 8.63. The van der Waals surface area contributed by atoms with Crippen molar-refractivity contribution in [1.82, 2.24) is 25.5 Å². The Morgan fingerprint density at radius 2 is 2.15 bits per heavy atom. The quantitative estimate of drug-likeness (QED) is 0.346. The molecule has 1 aromatic rings. The molecule has 2 heterocycles. The van der Waals surface area contributed by atoms with E-state index in [-0.39, 0.29) is 13.0 Å². The maximum atomic E-state index is 12.6. The van der Waals surface area contributed by atoms with Crippen LogP contribution in [0.2, 0.25) is 0 Å². The number of nitrogens with two attached hydrogens (primary N) is 1. The molecule has 3 unspecified atom stereocenters. The van der Waals surface area contributed by atoms with E-state index in [1.807, 2.05) is 0 Å². The minimum Gasteiger partial charge on any atom is -0.480 e. The number of carbonyl (C=O) groups excluding carboxylic acids is 3. The molecule has 3 atom stereocenters. The highest BCUT2D eigenvalue weighted by Gasteiger charge is 2.36. The Balaban J connectivity index is 2.02. The number of hydrogen-bond donors (Lipinski definition) is 5. The fraction of sp³-hybridized carbons (Fsp3) is 0.562. The molecule has 1 aliphatic rings. The van der Waals surface area contributed by atoms with Gasteiger partial charge in [-0.05, 0) is 19.8 Å². The van der Waals surface area contributed by atoms with Gasteiger partial charge in [0.05, 0.1) is 12.9 Å². The third-order valence-electron chi connectivity index (χ3n) is 4.37. The number of likely N-dealkylation sites (tertiary alicyclic amines) is 1. The number of hydrogen-bond acceptors (Lipinski definition) is 6. The summed E-state index contributed by atoms with van der Waals surface area (Å²) in [5.74, 6) is -2.62. The fourth-order valence-electron chi connectivity index (χ4n) is 2.99. The van der Waals surface area contributed by atoms with Crippen molar-refractivity contribution in [2.75, 3.05) is 13.1 Å². The Morgan fingerprint density at radius 1 is 1.41 bits per heavy atom. The molecular weight excluding hydrogens is 356 g/mol.